The van der Waals surface area contributed by atoms with E-state index in [-0.39, 0.29) is 6.61 Å². The smallest absolute Gasteiger partial charge is 0.148 e. The fraction of sp³-hybridized carbons (Fsp3) is 0.167. The number of methoxy groups -OCH3 is 1. The summed E-state index contributed by atoms with van der Waals surface area (Å²) in [4.78, 5) is 0. The molecule has 0 spiro atoms. The number of hydrogen-bond acceptors (Lipinski definition) is 4. The molecule has 23 heavy (non-hydrogen) atoms. The lowest BCUT2D eigenvalue weighted by Crippen LogP contribution is -2.07. The summed E-state index contributed by atoms with van der Waals surface area (Å²) in [6.07, 6.45) is 6.86. The van der Waals surface area contributed by atoms with Crippen LogP contribution in [0.2, 0.25) is 5.02 Å². The van der Waals surface area contributed by atoms with Crippen LogP contribution in [0.4, 0.5) is 0 Å². The van der Waals surface area contributed by atoms with E-state index >= 15 is 0 Å². The number of hydrogen-bond donors (Lipinski definition) is 1. The van der Waals surface area contributed by atoms with E-state index in [1.807, 2.05) is 24.3 Å². The second kappa shape index (κ2) is 8.72. The first kappa shape index (κ1) is 16.7. The molecule has 5 heteroatoms. The van der Waals surface area contributed by atoms with Crippen LogP contribution in [-0.2, 0) is 6.54 Å². The van der Waals surface area contributed by atoms with Crippen molar-refractivity contribution in [2.45, 2.75) is 6.54 Å². The molecular formula is C18H17ClN2O2. The van der Waals surface area contributed by atoms with Gasteiger partial charge < -0.3 is 14.9 Å². The quantitative estimate of drug-likeness (QED) is 0.480. The molecule has 4 nitrogen and oxygen atoms in total. The molecule has 0 unspecified atom stereocenters. The average molecular weight is 329 g/mol. The molecule has 0 saturated carbocycles. The van der Waals surface area contributed by atoms with Crippen LogP contribution in [-0.4, -0.2) is 19.9 Å². The first-order chi connectivity index (χ1) is 11.2. The summed E-state index contributed by atoms with van der Waals surface area (Å²) in [6.45, 7) is 0.735. The second-order valence-corrected chi connectivity index (χ2v) is 5.02. The van der Waals surface area contributed by atoms with Gasteiger partial charge in [-0.25, -0.2) is 0 Å². The molecule has 0 radical (unpaired) electrons. The number of benzene rings is 2. The number of nitrogens with one attached hydrogen (secondary N) is 1. The number of halogens is 1. The minimum atomic E-state index is 0.192. The number of ether oxygens (including phenoxy) is 2. The van der Waals surface area contributed by atoms with Crippen LogP contribution in [0, 0.1) is 12.3 Å². The van der Waals surface area contributed by atoms with Gasteiger partial charge in [0.05, 0.1) is 19.9 Å². The van der Waals surface area contributed by atoms with Gasteiger partial charge in [-0.15, -0.1) is 6.42 Å². The molecule has 0 aliphatic rings. The standard InChI is InChI=1S/C18H17ClN2O2/c1-3-10-23-18-9-8-16(19)11-15(18)13-21-20-12-14-6-4-5-7-17(14)22-2/h1,4-9,11,13,20H,10,12H2,2H3/b21-13-. The Bertz CT molecular complexity index is 723. The van der Waals surface area contributed by atoms with Gasteiger partial charge in [0.2, 0.25) is 0 Å². The van der Waals surface area contributed by atoms with Crippen molar-refractivity contribution in [3.63, 3.8) is 0 Å². The highest BCUT2D eigenvalue weighted by Crippen LogP contribution is 2.21. The minimum absolute atomic E-state index is 0.192. The fourth-order valence-corrected chi connectivity index (χ4v) is 2.15. The maximum absolute atomic E-state index is 6.00. The zero-order valence-corrected chi connectivity index (χ0v) is 13.5. The Morgan fingerprint density at radius 1 is 1.26 bits per heavy atom. The number of rotatable bonds is 7. The average Bonchev–Trinajstić information content (AvgIpc) is 2.58. The minimum Gasteiger partial charge on any atom is -0.496 e. The van der Waals surface area contributed by atoms with Gasteiger partial charge in [0.15, 0.2) is 0 Å². The molecule has 0 aliphatic carbocycles. The Balaban J connectivity index is 2.03. The highest BCUT2D eigenvalue weighted by atomic mass is 35.5. The van der Waals surface area contributed by atoms with Crippen LogP contribution < -0.4 is 14.9 Å². The third-order valence-electron chi connectivity index (χ3n) is 3.04. The van der Waals surface area contributed by atoms with Crippen molar-refractivity contribution >= 4 is 17.8 Å². The van der Waals surface area contributed by atoms with Gasteiger partial charge in [0, 0.05) is 16.1 Å². The molecule has 2 aromatic rings. The molecule has 0 fully saturated rings. The van der Waals surface area contributed by atoms with Gasteiger partial charge in [0.25, 0.3) is 0 Å². The number of hydrazone groups is 1. The molecule has 0 heterocycles. The Labute approximate surface area is 141 Å². The van der Waals surface area contributed by atoms with Gasteiger partial charge in [-0.05, 0) is 24.3 Å². The molecule has 0 atom stereocenters. The van der Waals surface area contributed by atoms with Crippen LogP contribution >= 0.6 is 11.6 Å². The summed E-state index contributed by atoms with van der Waals surface area (Å²) in [5, 5.41) is 4.80. The number of nitrogens with zero attached hydrogens (tertiary/aromatic N) is 1. The van der Waals surface area contributed by atoms with Gasteiger partial charge >= 0.3 is 0 Å². The normalized spacial score (nSPS) is 10.3. The maximum Gasteiger partial charge on any atom is 0.148 e. The topological polar surface area (TPSA) is 42.8 Å². The summed E-state index contributed by atoms with van der Waals surface area (Å²) in [7, 11) is 1.64. The first-order valence-corrected chi connectivity index (χ1v) is 7.36. The second-order valence-electron chi connectivity index (χ2n) is 4.58. The molecule has 0 aromatic heterocycles. The van der Waals surface area contributed by atoms with Crippen molar-refractivity contribution in [1.29, 1.82) is 0 Å². The van der Waals surface area contributed by atoms with Gasteiger partial charge in [0.1, 0.15) is 18.1 Å². The lowest BCUT2D eigenvalue weighted by molar-refractivity contribution is 0.370. The Morgan fingerprint density at radius 3 is 2.87 bits per heavy atom. The third-order valence-corrected chi connectivity index (χ3v) is 3.27. The van der Waals surface area contributed by atoms with Crippen LogP contribution in [0.15, 0.2) is 47.6 Å². The molecule has 0 aliphatic heterocycles. The number of terminal acetylenes is 1. The van der Waals surface area contributed by atoms with Crippen LogP contribution in [0.1, 0.15) is 11.1 Å². The van der Waals surface area contributed by atoms with Crippen molar-refractivity contribution in [3.05, 3.63) is 58.6 Å². The van der Waals surface area contributed by atoms with Gasteiger partial charge in [-0.2, -0.15) is 5.10 Å². The summed E-state index contributed by atoms with van der Waals surface area (Å²) in [5.74, 6) is 3.88. The summed E-state index contributed by atoms with van der Waals surface area (Å²) >= 11 is 6.00. The molecule has 1 N–H and O–H groups in total. The van der Waals surface area contributed by atoms with Crippen molar-refractivity contribution < 1.29 is 9.47 Å². The zero-order chi connectivity index (χ0) is 16.5. The molecule has 2 aromatic carbocycles. The predicted octanol–water partition coefficient (Wildman–Crippen LogP) is 3.48. The van der Waals surface area contributed by atoms with Crippen molar-refractivity contribution in [3.8, 4) is 23.8 Å². The zero-order valence-electron chi connectivity index (χ0n) is 12.8. The summed E-state index contributed by atoms with van der Waals surface area (Å²) in [5.41, 5.74) is 4.74. The van der Waals surface area contributed by atoms with Crippen molar-refractivity contribution in [2.24, 2.45) is 5.10 Å². The van der Waals surface area contributed by atoms with Gasteiger partial charge in [-0.3, -0.25) is 0 Å². The van der Waals surface area contributed by atoms with E-state index in [0.717, 1.165) is 16.9 Å². The van der Waals surface area contributed by atoms with E-state index in [4.69, 9.17) is 27.5 Å². The fourth-order valence-electron chi connectivity index (χ4n) is 1.97. The van der Waals surface area contributed by atoms with Crippen LogP contribution in [0.5, 0.6) is 11.5 Å². The number of para-hydroxylation sites is 1. The Hall–Kier alpha value is -2.64. The Kier molecular flexibility index (Phi) is 6.34. The van der Waals surface area contributed by atoms with E-state index in [9.17, 15) is 0 Å². The van der Waals surface area contributed by atoms with Gasteiger partial charge in [-0.1, -0.05) is 35.7 Å². The molecule has 0 amide bonds. The van der Waals surface area contributed by atoms with E-state index in [0.29, 0.717) is 17.3 Å². The van der Waals surface area contributed by atoms with E-state index in [1.165, 1.54) is 0 Å². The first-order valence-electron chi connectivity index (χ1n) is 6.98. The lowest BCUT2D eigenvalue weighted by atomic mass is 10.2. The molecule has 0 bridgehead atoms. The maximum atomic E-state index is 6.00. The summed E-state index contributed by atoms with van der Waals surface area (Å²) in [6, 6.07) is 13.0. The van der Waals surface area contributed by atoms with E-state index < -0.39 is 0 Å². The molecule has 2 rings (SSSR count). The molecular weight excluding hydrogens is 312 g/mol. The highest BCUT2D eigenvalue weighted by molar-refractivity contribution is 6.30. The van der Waals surface area contributed by atoms with Crippen LogP contribution in [0.25, 0.3) is 0 Å². The summed E-state index contributed by atoms with van der Waals surface area (Å²) < 4.78 is 10.8. The SMILES string of the molecule is C#CCOc1ccc(Cl)cc1/C=N\NCc1ccccc1OC. The van der Waals surface area contributed by atoms with Crippen LogP contribution in [0.3, 0.4) is 0 Å². The predicted molar refractivity (Wildman–Crippen MR) is 93.2 cm³/mol. The Morgan fingerprint density at radius 2 is 2.09 bits per heavy atom. The highest BCUT2D eigenvalue weighted by Gasteiger charge is 2.03. The van der Waals surface area contributed by atoms with E-state index in [1.54, 1.807) is 31.5 Å². The van der Waals surface area contributed by atoms with Crippen molar-refractivity contribution in [1.82, 2.24) is 5.43 Å². The van der Waals surface area contributed by atoms with E-state index in [2.05, 4.69) is 16.4 Å². The van der Waals surface area contributed by atoms with Crippen molar-refractivity contribution in [2.75, 3.05) is 13.7 Å². The third kappa shape index (κ3) is 4.94. The largest absolute Gasteiger partial charge is 0.496 e. The molecule has 0 saturated heterocycles. The lowest BCUT2D eigenvalue weighted by Gasteiger charge is -2.08. The molecule has 118 valence electrons. The monoisotopic (exact) mass is 328 g/mol.